The molecule has 1 saturated heterocycles. The SMILES string of the molecule is CC1(C)CN(c2ncnc3sc(-c4c[nH]c(=O)[nH]c4=O)cc23)CC1(F)F. The van der Waals surface area contributed by atoms with Gasteiger partial charge in [-0.2, -0.15) is 0 Å². The van der Waals surface area contributed by atoms with Crippen LogP contribution in [0.1, 0.15) is 13.8 Å². The zero-order valence-corrected chi connectivity index (χ0v) is 14.8. The quantitative estimate of drug-likeness (QED) is 0.712. The summed E-state index contributed by atoms with van der Waals surface area (Å²) in [7, 11) is 0. The number of rotatable bonds is 2. The molecule has 0 aromatic carbocycles. The lowest BCUT2D eigenvalue weighted by Gasteiger charge is -2.23. The van der Waals surface area contributed by atoms with Gasteiger partial charge in [0, 0.05) is 23.0 Å². The summed E-state index contributed by atoms with van der Waals surface area (Å²) in [6.45, 7) is 2.81. The molecule has 0 saturated carbocycles. The first-order valence-electron chi connectivity index (χ1n) is 7.88. The first-order valence-corrected chi connectivity index (χ1v) is 8.69. The first-order chi connectivity index (χ1) is 12.2. The Kier molecular flexibility index (Phi) is 3.52. The Morgan fingerprint density at radius 2 is 2.00 bits per heavy atom. The zero-order valence-electron chi connectivity index (χ0n) is 14.0. The number of thiophene rings is 1. The van der Waals surface area contributed by atoms with E-state index >= 15 is 0 Å². The molecule has 10 heteroatoms. The summed E-state index contributed by atoms with van der Waals surface area (Å²) in [6.07, 6.45) is 2.66. The average molecular weight is 379 g/mol. The van der Waals surface area contributed by atoms with E-state index in [1.807, 2.05) is 0 Å². The molecule has 0 unspecified atom stereocenters. The standard InChI is InChI=1S/C16H15F2N5O2S/c1-15(2)5-23(6-16(15,17)18)11-8-3-10(26-13(8)21-7-20-11)9-4-19-14(25)22-12(9)24/h3-4,7H,5-6H2,1-2H3,(H2,19,22,24,25). The lowest BCUT2D eigenvalue weighted by molar-refractivity contribution is -0.0642. The van der Waals surface area contributed by atoms with Crippen molar-refractivity contribution in [3.63, 3.8) is 0 Å². The van der Waals surface area contributed by atoms with Crippen LogP contribution in [0.15, 0.2) is 28.2 Å². The summed E-state index contributed by atoms with van der Waals surface area (Å²) in [5.74, 6) is -2.41. The summed E-state index contributed by atoms with van der Waals surface area (Å²) in [6, 6.07) is 1.70. The normalized spacial score (nSPS) is 18.5. The van der Waals surface area contributed by atoms with Gasteiger partial charge in [0.05, 0.1) is 17.5 Å². The number of aromatic amines is 2. The van der Waals surface area contributed by atoms with Gasteiger partial charge in [0.25, 0.3) is 11.5 Å². The van der Waals surface area contributed by atoms with E-state index in [4.69, 9.17) is 0 Å². The van der Waals surface area contributed by atoms with Crippen molar-refractivity contribution >= 4 is 27.4 Å². The largest absolute Gasteiger partial charge is 0.349 e. The number of hydrogen-bond acceptors (Lipinski definition) is 6. The van der Waals surface area contributed by atoms with Crippen LogP contribution in [0.3, 0.4) is 0 Å². The van der Waals surface area contributed by atoms with Crippen molar-refractivity contribution in [3.05, 3.63) is 39.4 Å². The molecule has 0 amide bonds. The van der Waals surface area contributed by atoms with Crippen molar-refractivity contribution in [2.45, 2.75) is 19.8 Å². The molecule has 3 aromatic rings. The van der Waals surface area contributed by atoms with E-state index in [0.29, 0.717) is 20.9 Å². The fourth-order valence-corrected chi connectivity index (χ4v) is 4.08. The van der Waals surface area contributed by atoms with Crippen LogP contribution >= 0.6 is 11.3 Å². The predicted molar refractivity (Wildman–Crippen MR) is 95.0 cm³/mol. The predicted octanol–water partition coefficient (Wildman–Crippen LogP) is 2.22. The maximum atomic E-state index is 14.3. The van der Waals surface area contributed by atoms with Crippen LogP contribution in [-0.4, -0.2) is 38.9 Å². The monoisotopic (exact) mass is 379 g/mol. The van der Waals surface area contributed by atoms with Crippen LogP contribution in [-0.2, 0) is 0 Å². The highest BCUT2D eigenvalue weighted by atomic mass is 32.1. The van der Waals surface area contributed by atoms with Gasteiger partial charge in [-0.3, -0.25) is 9.78 Å². The van der Waals surface area contributed by atoms with Gasteiger partial charge >= 0.3 is 5.69 Å². The van der Waals surface area contributed by atoms with E-state index in [2.05, 4.69) is 19.9 Å². The van der Waals surface area contributed by atoms with Crippen molar-refractivity contribution in [1.29, 1.82) is 0 Å². The highest BCUT2D eigenvalue weighted by Crippen LogP contribution is 2.46. The zero-order chi connectivity index (χ0) is 18.7. The molecular weight excluding hydrogens is 364 g/mol. The van der Waals surface area contributed by atoms with Crippen molar-refractivity contribution < 1.29 is 8.78 Å². The molecule has 4 heterocycles. The van der Waals surface area contributed by atoms with Crippen LogP contribution in [0.5, 0.6) is 0 Å². The van der Waals surface area contributed by atoms with Gasteiger partial charge in [0.15, 0.2) is 0 Å². The molecule has 0 atom stereocenters. The van der Waals surface area contributed by atoms with Gasteiger partial charge < -0.3 is 9.88 Å². The molecule has 0 aliphatic carbocycles. The van der Waals surface area contributed by atoms with Crippen molar-refractivity contribution in [2.75, 3.05) is 18.0 Å². The molecular formula is C16H15F2N5O2S. The van der Waals surface area contributed by atoms with E-state index < -0.39 is 29.1 Å². The summed E-state index contributed by atoms with van der Waals surface area (Å²) in [4.78, 5) is 38.9. The molecule has 26 heavy (non-hydrogen) atoms. The van der Waals surface area contributed by atoms with Gasteiger partial charge in [0.1, 0.15) is 17.0 Å². The third-order valence-corrected chi connectivity index (χ3v) is 5.73. The van der Waals surface area contributed by atoms with E-state index in [1.54, 1.807) is 11.0 Å². The third kappa shape index (κ3) is 2.52. The third-order valence-electron chi connectivity index (χ3n) is 4.66. The summed E-state index contributed by atoms with van der Waals surface area (Å²) >= 11 is 1.24. The van der Waals surface area contributed by atoms with E-state index in [-0.39, 0.29) is 12.1 Å². The Morgan fingerprint density at radius 1 is 1.23 bits per heavy atom. The molecule has 1 aliphatic heterocycles. The molecule has 7 nitrogen and oxygen atoms in total. The molecule has 3 aromatic heterocycles. The number of halogens is 2. The van der Waals surface area contributed by atoms with E-state index in [1.165, 1.54) is 37.7 Å². The molecule has 1 fully saturated rings. The van der Waals surface area contributed by atoms with Crippen LogP contribution in [0, 0.1) is 5.41 Å². The van der Waals surface area contributed by atoms with Gasteiger partial charge in [0.2, 0.25) is 0 Å². The fourth-order valence-electron chi connectivity index (χ4n) is 3.07. The Labute approximate surface area is 149 Å². The Balaban J connectivity index is 1.83. The van der Waals surface area contributed by atoms with Crippen LogP contribution < -0.4 is 16.1 Å². The molecule has 0 spiro atoms. The summed E-state index contributed by atoms with van der Waals surface area (Å²) < 4.78 is 28.5. The molecule has 4 rings (SSSR count). The second-order valence-electron chi connectivity index (χ2n) is 6.96. The number of nitrogens with zero attached hydrogens (tertiary/aromatic N) is 3. The van der Waals surface area contributed by atoms with Gasteiger partial charge in [-0.1, -0.05) is 13.8 Å². The molecule has 136 valence electrons. The maximum Gasteiger partial charge on any atom is 0.325 e. The van der Waals surface area contributed by atoms with Gasteiger partial charge in [-0.05, 0) is 6.07 Å². The van der Waals surface area contributed by atoms with E-state index in [0.717, 1.165) is 0 Å². The number of alkyl halides is 2. The van der Waals surface area contributed by atoms with E-state index in [9.17, 15) is 18.4 Å². The number of hydrogen-bond donors (Lipinski definition) is 2. The molecule has 0 radical (unpaired) electrons. The minimum atomic E-state index is -2.83. The van der Waals surface area contributed by atoms with Gasteiger partial charge in [-0.25, -0.2) is 23.5 Å². The smallest absolute Gasteiger partial charge is 0.325 e. The number of H-pyrrole nitrogens is 2. The second kappa shape index (κ2) is 5.44. The topological polar surface area (TPSA) is 94.7 Å². The summed E-state index contributed by atoms with van der Waals surface area (Å²) in [5.41, 5.74) is -2.00. The lowest BCUT2D eigenvalue weighted by Crippen LogP contribution is -2.34. The van der Waals surface area contributed by atoms with Crippen LogP contribution in [0.2, 0.25) is 0 Å². The Morgan fingerprint density at radius 3 is 2.65 bits per heavy atom. The first kappa shape index (κ1) is 16.8. The Bertz CT molecular complexity index is 1100. The van der Waals surface area contributed by atoms with Gasteiger partial charge in [-0.15, -0.1) is 11.3 Å². The van der Waals surface area contributed by atoms with Crippen LogP contribution in [0.25, 0.3) is 20.7 Å². The molecule has 1 aliphatic rings. The highest BCUT2D eigenvalue weighted by molar-refractivity contribution is 7.21. The number of anilines is 1. The highest BCUT2D eigenvalue weighted by Gasteiger charge is 2.54. The molecule has 2 N–H and O–H groups in total. The minimum Gasteiger partial charge on any atom is -0.349 e. The average Bonchev–Trinajstić information content (AvgIpc) is 3.05. The number of aromatic nitrogens is 4. The van der Waals surface area contributed by atoms with Crippen LogP contribution in [0.4, 0.5) is 14.6 Å². The van der Waals surface area contributed by atoms with Crippen molar-refractivity contribution in [2.24, 2.45) is 5.41 Å². The number of fused-ring (bicyclic) bond motifs is 1. The Hall–Kier alpha value is -2.62. The lowest BCUT2D eigenvalue weighted by atomic mass is 9.89. The second-order valence-corrected chi connectivity index (χ2v) is 7.99. The maximum absolute atomic E-state index is 14.3. The van der Waals surface area contributed by atoms with Crippen molar-refractivity contribution in [1.82, 2.24) is 19.9 Å². The minimum absolute atomic E-state index is 0.163. The molecule has 0 bridgehead atoms. The summed E-state index contributed by atoms with van der Waals surface area (Å²) in [5, 5.41) is 0.603. The fraction of sp³-hybridized carbons (Fsp3) is 0.375. The van der Waals surface area contributed by atoms with Crippen molar-refractivity contribution in [3.8, 4) is 10.4 Å². The number of nitrogens with one attached hydrogen (secondary N) is 2.